The number of aromatic nitrogens is 6. The van der Waals surface area contributed by atoms with Crippen molar-refractivity contribution in [3.63, 3.8) is 0 Å². The van der Waals surface area contributed by atoms with Gasteiger partial charge in [-0.3, -0.25) is 9.29 Å². The summed E-state index contributed by atoms with van der Waals surface area (Å²) in [6.45, 7) is 4.77. The molecule has 3 aromatic heterocycles. The van der Waals surface area contributed by atoms with Gasteiger partial charge in [-0.05, 0) is 32.9 Å². The monoisotopic (exact) mass is 509 g/mol. The number of aliphatic hydroxyl groups excluding tert-OH is 1. The Labute approximate surface area is 201 Å². The summed E-state index contributed by atoms with van der Waals surface area (Å²) in [6, 6.07) is 2.79. The third-order valence-corrected chi connectivity index (χ3v) is 7.05. The maximum atomic E-state index is 13.4. The number of anilines is 1. The molecule has 0 saturated carbocycles. The molecule has 1 aliphatic heterocycles. The Kier molecular flexibility index (Phi) is 6.98. The van der Waals surface area contributed by atoms with E-state index in [0.29, 0.717) is 22.3 Å². The van der Waals surface area contributed by atoms with Gasteiger partial charge in [0.2, 0.25) is 21.9 Å². The Morgan fingerprint density at radius 2 is 2.00 bits per heavy atom. The molecule has 0 aromatic carbocycles. The van der Waals surface area contributed by atoms with Gasteiger partial charge in [0.25, 0.3) is 0 Å². The van der Waals surface area contributed by atoms with Crippen LogP contribution in [-0.4, -0.2) is 67.8 Å². The van der Waals surface area contributed by atoms with Crippen molar-refractivity contribution in [3.05, 3.63) is 41.6 Å². The second kappa shape index (κ2) is 9.78. The molecule has 14 heteroatoms. The molecule has 2 N–H and O–H groups in total. The maximum Gasteiger partial charge on any atom is 0.240 e. The Morgan fingerprint density at radius 1 is 1.26 bits per heavy atom. The first kappa shape index (κ1) is 24.3. The number of sulfonamides is 1. The molecule has 0 aliphatic carbocycles. The van der Waals surface area contributed by atoms with Gasteiger partial charge < -0.3 is 14.6 Å². The number of hydrogen-bond donors (Lipinski definition) is 2. The van der Waals surface area contributed by atoms with Crippen LogP contribution < -0.4 is 9.46 Å². The predicted octanol–water partition coefficient (Wildman–Crippen LogP) is 2.01. The molecule has 0 fully saturated rings. The largest absolute Gasteiger partial charge is 0.475 e. The number of fused-ring (bicyclic) bond motifs is 3. The first-order chi connectivity index (χ1) is 16.2. The summed E-state index contributed by atoms with van der Waals surface area (Å²) >= 11 is 5.88. The molecule has 2 unspecified atom stereocenters. The van der Waals surface area contributed by atoms with Crippen molar-refractivity contribution in [2.24, 2.45) is 0 Å². The number of aliphatic hydroxyl groups is 1. The normalized spacial score (nSPS) is 17.3. The fraction of sp³-hybridized carbons (Fsp3) is 0.450. The van der Waals surface area contributed by atoms with Gasteiger partial charge in [-0.25, -0.2) is 23.4 Å². The number of ether oxygens (including phenoxy) is 2. The fourth-order valence-corrected chi connectivity index (χ4v) is 4.67. The van der Waals surface area contributed by atoms with Gasteiger partial charge in [0.15, 0.2) is 11.6 Å². The lowest BCUT2D eigenvalue weighted by atomic mass is 10.2. The Balaban J connectivity index is 1.69. The summed E-state index contributed by atoms with van der Waals surface area (Å²) < 4.78 is 42.4. The summed E-state index contributed by atoms with van der Waals surface area (Å²) in [6.07, 6.45) is 3.04. The summed E-state index contributed by atoms with van der Waals surface area (Å²) in [4.78, 5) is 12.5. The van der Waals surface area contributed by atoms with Crippen LogP contribution in [0.4, 0.5) is 5.95 Å². The van der Waals surface area contributed by atoms with Crippen LogP contribution in [0.2, 0.25) is 5.02 Å². The van der Waals surface area contributed by atoms with Crippen molar-refractivity contribution in [2.45, 2.75) is 44.3 Å². The van der Waals surface area contributed by atoms with E-state index >= 15 is 0 Å². The second-order valence-electron chi connectivity index (χ2n) is 7.94. The number of nitrogens with zero attached hydrogens (tertiary/aromatic N) is 6. The lowest BCUT2D eigenvalue weighted by Crippen LogP contribution is -2.35. The minimum absolute atomic E-state index is 0.0491. The lowest BCUT2D eigenvalue weighted by molar-refractivity contribution is 0.00154. The van der Waals surface area contributed by atoms with Gasteiger partial charge in [-0.15, -0.1) is 10.2 Å². The number of halogens is 1. The topological polar surface area (TPSA) is 154 Å². The quantitative estimate of drug-likeness (QED) is 0.460. The Morgan fingerprint density at radius 3 is 2.68 bits per heavy atom. The van der Waals surface area contributed by atoms with E-state index in [9.17, 15) is 13.5 Å². The van der Waals surface area contributed by atoms with E-state index in [1.165, 1.54) is 23.9 Å². The molecule has 0 bridgehead atoms. The van der Waals surface area contributed by atoms with E-state index in [0.717, 1.165) is 0 Å². The summed E-state index contributed by atoms with van der Waals surface area (Å²) in [5.74, 6) is 0.750. The molecule has 12 nitrogen and oxygen atoms in total. The minimum Gasteiger partial charge on any atom is -0.475 e. The number of hydrogen-bond acceptors (Lipinski definition) is 10. The Bertz CT molecular complexity index is 1250. The van der Waals surface area contributed by atoms with Crippen LogP contribution in [0.3, 0.4) is 0 Å². The molecule has 3 aromatic rings. The zero-order valence-corrected chi connectivity index (χ0v) is 20.2. The third kappa shape index (κ3) is 4.82. The van der Waals surface area contributed by atoms with E-state index in [1.54, 1.807) is 32.2 Å². The second-order valence-corrected chi connectivity index (χ2v) is 10.4. The molecule has 4 rings (SSSR count). The predicted molar refractivity (Wildman–Crippen MR) is 123 cm³/mol. The average Bonchev–Trinajstić information content (AvgIpc) is 3.12. The van der Waals surface area contributed by atoms with Crippen LogP contribution in [0.15, 0.2) is 30.7 Å². The zero-order valence-electron chi connectivity index (χ0n) is 18.7. The van der Waals surface area contributed by atoms with E-state index in [1.807, 2.05) is 0 Å². The molecule has 1 aliphatic rings. The highest BCUT2D eigenvalue weighted by Crippen LogP contribution is 2.35. The van der Waals surface area contributed by atoms with E-state index in [4.69, 9.17) is 21.1 Å². The number of nitrogens with one attached hydrogen (secondary N) is 1. The molecule has 0 amide bonds. The molecule has 3 atom stereocenters. The molecular weight excluding hydrogens is 486 g/mol. The summed E-state index contributed by atoms with van der Waals surface area (Å²) in [5.41, 5.74) is 0.528. The van der Waals surface area contributed by atoms with E-state index < -0.39 is 27.4 Å². The maximum absolute atomic E-state index is 13.4. The van der Waals surface area contributed by atoms with Gasteiger partial charge in [0, 0.05) is 18.6 Å². The van der Waals surface area contributed by atoms with Crippen LogP contribution in [0.5, 0.6) is 5.88 Å². The molecule has 182 valence electrons. The molecule has 0 radical (unpaired) electrons. The molecule has 0 spiro atoms. The van der Waals surface area contributed by atoms with Crippen LogP contribution in [0.25, 0.3) is 11.4 Å². The first-order valence-corrected chi connectivity index (χ1v) is 12.4. The van der Waals surface area contributed by atoms with Crippen LogP contribution in [0, 0.1) is 0 Å². The van der Waals surface area contributed by atoms with Gasteiger partial charge in [-0.1, -0.05) is 11.6 Å². The standard InChI is InChI=1S/C20H24ClN7O5S/c1-11(2)33-16(17-23-7-13(21)8-24-17)12(3)34(30,31)27-20-26-25-18-15-5-4-6-22-19(15)32-10-14(9-29)28(18)20/h4-8,11-12,14,16,29H,9-10H2,1-3H3,(H,26,27)/t12?,14-,16?/m1/s1. The summed E-state index contributed by atoms with van der Waals surface area (Å²) in [7, 11) is -4.09. The van der Waals surface area contributed by atoms with Crippen molar-refractivity contribution in [3.8, 4) is 17.3 Å². The highest BCUT2D eigenvalue weighted by molar-refractivity contribution is 7.93. The van der Waals surface area contributed by atoms with Gasteiger partial charge in [0.05, 0.1) is 29.3 Å². The minimum atomic E-state index is -4.09. The van der Waals surface area contributed by atoms with E-state index in [2.05, 4.69) is 29.9 Å². The molecule has 4 heterocycles. The van der Waals surface area contributed by atoms with Crippen molar-refractivity contribution in [2.75, 3.05) is 17.9 Å². The lowest BCUT2D eigenvalue weighted by Gasteiger charge is -2.25. The highest BCUT2D eigenvalue weighted by Gasteiger charge is 2.37. The number of rotatable bonds is 8. The smallest absolute Gasteiger partial charge is 0.240 e. The van der Waals surface area contributed by atoms with Crippen molar-refractivity contribution in [1.82, 2.24) is 29.7 Å². The zero-order chi connectivity index (χ0) is 24.5. The average molecular weight is 510 g/mol. The van der Waals surface area contributed by atoms with Gasteiger partial charge >= 0.3 is 0 Å². The first-order valence-electron chi connectivity index (χ1n) is 10.5. The van der Waals surface area contributed by atoms with Crippen molar-refractivity contribution >= 4 is 27.6 Å². The Hall–Kier alpha value is -2.87. The van der Waals surface area contributed by atoms with Gasteiger partial charge in [-0.2, -0.15) is 0 Å². The van der Waals surface area contributed by atoms with Crippen LogP contribution >= 0.6 is 11.6 Å². The van der Waals surface area contributed by atoms with Crippen molar-refractivity contribution in [1.29, 1.82) is 0 Å². The highest BCUT2D eigenvalue weighted by atomic mass is 35.5. The molecular formula is C20H24ClN7O5S. The van der Waals surface area contributed by atoms with E-state index in [-0.39, 0.29) is 31.1 Å². The van der Waals surface area contributed by atoms with Crippen molar-refractivity contribution < 1.29 is 23.0 Å². The van der Waals surface area contributed by atoms with Crippen LogP contribution in [0.1, 0.15) is 38.7 Å². The fourth-order valence-electron chi connectivity index (χ4n) is 3.48. The van der Waals surface area contributed by atoms with Crippen LogP contribution in [-0.2, 0) is 14.8 Å². The molecule has 0 saturated heterocycles. The summed E-state index contributed by atoms with van der Waals surface area (Å²) in [5, 5.41) is 17.3. The SMILES string of the molecule is CC(C)OC(c1ncc(Cl)cn1)C(C)S(=O)(=O)Nc1nnc2n1[C@H](CO)COc1ncccc1-2. The molecule has 34 heavy (non-hydrogen) atoms. The number of pyridine rings is 1. The third-order valence-electron chi connectivity index (χ3n) is 5.16. The van der Waals surface area contributed by atoms with Gasteiger partial charge in [0.1, 0.15) is 18.0 Å².